The minimum atomic E-state index is -1.97. The summed E-state index contributed by atoms with van der Waals surface area (Å²) in [7, 11) is 0. The van der Waals surface area contributed by atoms with Gasteiger partial charge >= 0.3 is 29.8 Å². The summed E-state index contributed by atoms with van der Waals surface area (Å²) >= 11 is 0. The highest BCUT2D eigenvalue weighted by atomic mass is 16.4. The summed E-state index contributed by atoms with van der Waals surface area (Å²) < 4.78 is 0. The van der Waals surface area contributed by atoms with Gasteiger partial charge in [-0.05, 0) is 69.7 Å². The lowest BCUT2D eigenvalue weighted by Gasteiger charge is -2.29. The Hall–Kier alpha value is -7.54. The number of carboxylic acids is 5. The number of rotatable bonds is 40. The van der Waals surface area contributed by atoms with Crippen LogP contribution in [-0.4, -0.2) is 181 Å². The van der Waals surface area contributed by atoms with Crippen LogP contribution in [0.4, 0.5) is 0 Å². The largest absolute Gasteiger partial charge is 0.481 e. The molecule has 0 fully saturated rings. The summed E-state index contributed by atoms with van der Waals surface area (Å²) in [4.78, 5) is 178. The number of hydrogen-bond donors (Lipinski definition) is 17. The molecule has 0 aromatic heterocycles. The SMILES string of the molecule is CC[C@H](C)[C@H](NC(=O)[C@H](CCCCN)NC(=O)[C@H](CCC(N)=O)NC(=O)[C@@H](N)CCC(=O)O)C(=O)N[C@@H](CO)C(=O)N[C@@H](CCC(=O)O)C(=O)N[C@@H](CCC(=O)O)C(=O)N[C@@H](CC(=O)O)C(=O)N[C@@H](CC(C)C)C(=O)O. The molecular weight excluding hydrogens is 1010 g/mol. The van der Waals surface area contributed by atoms with Crippen LogP contribution in [0.5, 0.6) is 0 Å². The average molecular weight is 1090 g/mol. The summed E-state index contributed by atoms with van der Waals surface area (Å²) in [6, 6.07) is -15.2. The monoisotopic (exact) mass is 1090 g/mol. The summed E-state index contributed by atoms with van der Waals surface area (Å²) in [5.41, 5.74) is 16.7. The van der Waals surface area contributed by atoms with Crippen LogP contribution in [0.2, 0.25) is 0 Å². The molecule has 0 saturated carbocycles. The van der Waals surface area contributed by atoms with Gasteiger partial charge < -0.3 is 90.4 Å². The molecule has 0 radical (unpaired) electrons. The maximum atomic E-state index is 14.0. The van der Waals surface area contributed by atoms with Gasteiger partial charge in [-0.3, -0.25) is 62.3 Å². The third-order valence-electron chi connectivity index (χ3n) is 11.4. The number of aliphatic hydroxyl groups excluding tert-OH is 1. The summed E-state index contributed by atoms with van der Waals surface area (Å²) in [6.07, 6.45) is -5.23. The fourth-order valence-electron chi connectivity index (χ4n) is 6.93. The number of aliphatic hydroxyl groups is 1. The first kappa shape index (κ1) is 68.5. The van der Waals surface area contributed by atoms with Crippen LogP contribution in [0.1, 0.15) is 118 Å². The van der Waals surface area contributed by atoms with Crippen molar-refractivity contribution in [2.24, 2.45) is 29.0 Å². The zero-order valence-corrected chi connectivity index (χ0v) is 42.8. The number of primary amides is 1. The van der Waals surface area contributed by atoms with E-state index in [4.69, 9.17) is 22.3 Å². The van der Waals surface area contributed by atoms with E-state index in [9.17, 15) is 92.7 Å². The van der Waals surface area contributed by atoms with E-state index in [0.717, 1.165) is 0 Å². The molecule has 0 aliphatic rings. The Morgan fingerprint density at radius 3 is 1.24 bits per heavy atom. The highest BCUT2D eigenvalue weighted by Gasteiger charge is 2.37. The first-order valence-electron chi connectivity index (χ1n) is 24.4. The van der Waals surface area contributed by atoms with Crippen LogP contribution >= 0.6 is 0 Å². The lowest BCUT2D eigenvalue weighted by atomic mass is 9.97. The van der Waals surface area contributed by atoms with E-state index < -0.39 is 195 Å². The molecule has 0 heterocycles. The Kier molecular flexibility index (Phi) is 32.1. The fourth-order valence-corrected chi connectivity index (χ4v) is 6.93. The van der Waals surface area contributed by atoms with Crippen LogP contribution in [0, 0.1) is 11.8 Å². The third kappa shape index (κ3) is 27.7. The number of unbranched alkanes of at least 4 members (excludes halogenated alkanes) is 1. The van der Waals surface area contributed by atoms with E-state index >= 15 is 0 Å². The molecule has 31 heteroatoms. The second kappa shape index (κ2) is 35.6. The van der Waals surface area contributed by atoms with Crippen molar-refractivity contribution >= 4 is 83.0 Å². The average Bonchev–Trinajstić information content (AvgIpc) is 3.33. The number of amides is 9. The van der Waals surface area contributed by atoms with E-state index in [-0.39, 0.29) is 51.0 Å². The van der Waals surface area contributed by atoms with Crippen molar-refractivity contribution in [3.05, 3.63) is 0 Å². The molecule has 10 atom stereocenters. The van der Waals surface area contributed by atoms with Crippen molar-refractivity contribution in [1.82, 2.24) is 42.5 Å². The Morgan fingerprint density at radius 1 is 0.447 bits per heavy atom. The van der Waals surface area contributed by atoms with E-state index in [2.05, 4.69) is 42.5 Å². The van der Waals surface area contributed by atoms with Crippen molar-refractivity contribution in [1.29, 1.82) is 0 Å². The minimum Gasteiger partial charge on any atom is -0.481 e. The van der Waals surface area contributed by atoms with Gasteiger partial charge in [0.05, 0.1) is 19.1 Å². The van der Waals surface area contributed by atoms with Gasteiger partial charge in [-0.2, -0.15) is 0 Å². The fraction of sp³-hybridized carbons (Fsp3) is 0.689. The van der Waals surface area contributed by atoms with Crippen LogP contribution in [0.15, 0.2) is 0 Å². The highest BCUT2D eigenvalue weighted by molar-refractivity contribution is 5.99. The molecule has 31 nitrogen and oxygen atoms in total. The lowest BCUT2D eigenvalue weighted by Crippen LogP contribution is -2.61. The van der Waals surface area contributed by atoms with E-state index in [1.165, 1.54) is 6.92 Å². The predicted molar refractivity (Wildman–Crippen MR) is 261 cm³/mol. The van der Waals surface area contributed by atoms with Crippen molar-refractivity contribution in [3.8, 4) is 0 Å². The van der Waals surface area contributed by atoms with E-state index in [1.807, 2.05) is 0 Å². The first-order valence-corrected chi connectivity index (χ1v) is 24.4. The number of carbonyl (C=O) groups excluding carboxylic acids is 9. The van der Waals surface area contributed by atoms with Crippen molar-refractivity contribution in [2.75, 3.05) is 13.2 Å². The van der Waals surface area contributed by atoms with E-state index in [1.54, 1.807) is 20.8 Å². The van der Waals surface area contributed by atoms with Gasteiger partial charge in [0.2, 0.25) is 53.2 Å². The second-order valence-electron chi connectivity index (χ2n) is 18.2. The molecule has 0 aromatic carbocycles. The molecule has 0 aromatic rings. The molecule has 20 N–H and O–H groups in total. The Morgan fingerprint density at radius 2 is 0.829 bits per heavy atom. The molecule has 430 valence electrons. The summed E-state index contributed by atoms with van der Waals surface area (Å²) in [5.74, 6) is -18.5. The number of nitrogens with two attached hydrogens (primary N) is 3. The van der Waals surface area contributed by atoms with Crippen LogP contribution in [0.25, 0.3) is 0 Å². The molecule has 0 saturated heterocycles. The molecule has 9 amide bonds. The van der Waals surface area contributed by atoms with Crippen molar-refractivity contribution in [2.45, 2.75) is 172 Å². The van der Waals surface area contributed by atoms with Gasteiger partial charge in [0.1, 0.15) is 48.3 Å². The molecule has 0 aliphatic heterocycles. The molecule has 0 bridgehead atoms. The maximum Gasteiger partial charge on any atom is 0.326 e. The van der Waals surface area contributed by atoms with Gasteiger partial charge in [0.25, 0.3) is 0 Å². The first-order chi connectivity index (χ1) is 35.5. The Bertz CT molecular complexity index is 2060. The van der Waals surface area contributed by atoms with Crippen molar-refractivity contribution in [3.63, 3.8) is 0 Å². The van der Waals surface area contributed by atoms with Gasteiger partial charge in [0, 0.05) is 25.7 Å². The molecule has 0 spiro atoms. The normalized spacial score (nSPS) is 14.9. The van der Waals surface area contributed by atoms with Gasteiger partial charge in [-0.15, -0.1) is 0 Å². The number of carbonyl (C=O) groups is 14. The topological polar surface area (TPSA) is 535 Å². The van der Waals surface area contributed by atoms with Crippen LogP contribution in [-0.2, 0) is 67.1 Å². The second-order valence-corrected chi connectivity index (χ2v) is 18.2. The third-order valence-corrected chi connectivity index (χ3v) is 11.4. The molecule has 0 aliphatic carbocycles. The number of carboxylic acid groups (broad SMARTS) is 5. The zero-order valence-electron chi connectivity index (χ0n) is 42.8. The van der Waals surface area contributed by atoms with Gasteiger partial charge in [-0.1, -0.05) is 34.1 Å². The standard InChI is InChI=1S/C45H75N11O20/c1-5-22(4)36(56-41(71)24(8-6-7-17-46)50-38(68)25(10-13-31(48)58)49-37(67)23(47)9-14-32(59)60)44(74)55-30(20-57)43(73)52-26(11-15-33(61)62)39(69)51-27(12-16-34(63)64)40(70)53-28(19-35(65)66)42(72)54-29(45(75)76)18-21(2)3/h21-30,36,57H,5-20,46-47H2,1-4H3,(H2,48,58)(H,49,67)(H,50,68)(H,51,69)(H,52,73)(H,53,70)(H,54,72)(H,55,74)(H,56,71)(H,59,60)(H,61,62)(H,63,64)(H,65,66)(H,75,76)/t22-,23-,24-,25-,26-,27-,28-,29-,30-,36-/m0/s1. The molecule has 76 heavy (non-hydrogen) atoms. The van der Waals surface area contributed by atoms with Gasteiger partial charge in [-0.25, -0.2) is 4.79 Å². The maximum absolute atomic E-state index is 14.0. The van der Waals surface area contributed by atoms with Crippen molar-refractivity contribution < 1.29 is 97.8 Å². The van der Waals surface area contributed by atoms with E-state index in [0.29, 0.717) is 6.42 Å². The lowest BCUT2D eigenvalue weighted by molar-refractivity contribution is -0.144. The van der Waals surface area contributed by atoms with Crippen LogP contribution in [0.3, 0.4) is 0 Å². The minimum absolute atomic E-state index is 0.0948. The highest BCUT2D eigenvalue weighted by Crippen LogP contribution is 2.13. The number of nitrogens with one attached hydrogen (secondary N) is 8. The summed E-state index contributed by atoms with van der Waals surface area (Å²) in [5, 5.41) is 75.1. The van der Waals surface area contributed by atoms with Gasteiger partial charge in [0.15, 0.2) is 0 Å². The molecule has 0 unspecified atom stereocenters. The Labute approximate surface area is 436 Å². The number of hydrogen-bond acceptors (Lipinski definition) is 17. The predicted octanol–water partition coefficient (Wildman–Crippen LogP) is -5.18. The quantitative estimate of drug-likeness (QED) is 0.0255. The zero-order chi connectivity index (χ0) is 58.4. The van der Waals surface area contributed by atoms with Crippen LogP contribution < -0.4 is 59.7 Å². The Balaban J connectivity index is 6.70. The molecular formula is C45H75N11O20. The smallest absolute Gasteiger partial charge is 0.326 e. The summed E-state index contributed by atoms with van der Waals surface area (Å²) in [6.45, 7) is 5.40. The number of aliphatic carboxylic acids is 5. The molecule has 0 rings (SSSR count).